The van der Waals surface area contributed by atoms with E-state index in [-0.39, 0.29) is 34.0 Å². The van der Waals surface area contributed by atoms with Crippen LogP contribution in [0.5, 0.6) is 11.5 Å². The Bertz CT molecular complexity index is 758. The SMILES string of the molecule is COc1cc(C(=O)O)ccc1NN(O)Nc1ccc(C(=O)O)cc1OC. The van der Waals surface area contributed by atoms with Crippen molar-refractivity contribution < 1.29 is 34.5 Å². The molecule has 0 saturated carbocycles. The number of benzene rings is 2. The van der Waals surface area contributed by atoms with Crippen LogP contribution in [0, 0.1) is 0 Å². The van der Waals surface area contributed by atoms with Crippen LogP contribution in [0.15, 0.2) is 36.4 Å². The molecule has 0 unspecified atom stereocenters. The number of ether oxygens (including phenoxy) is 2. The molecular formula is C16H17N3O7. The summed E-state index contributed by atoms with van der Waals surface area (Å²) in [7, 11) is 2.71. The second kappa shape index (κ2) is 8.05. The number of rotatable bonds is 8. The van der Waals surface area contributed by atoms with Crippen LogP contribution >= 0.6 is 0 Å². The van der Waals surface area contributed by atoms with Crippen molar-refractivity contribution in [3.63, 3.8) is 0 Å². The molecule has 2 aromatic carbocycles. The first-order valence-electron chi connectivity index (χ1n) is 7.20. The van der Waals surface area contributed by atoms with Gasteiger partial charge in [0.2, 0.25) is 0 Å². The third kappa shape index (κ3) is 4.32. The molecule has 2 aromatic rings. The van der Waals surface area contributed by atoms with Gasteiger partial charge in [0.1, 0.15) is 11.5 Å². The molecule has 2 rings (SSSR count). The van der Waals surface area contributed by atoms with Gasteiger partial charge in [-0.2, -0.15) is 0 Å². The number of nitrogens with zero attached hydrogens (tertiary/aromatic N) is 1. The number of hydrazine groups is 2. The second-order valence-corrected chi connectivity index (χ2v) is 4.98. The van der Waals surface area contributed by atoms with E-state index in [1.807, 2.05) is 0 Å². The lowest BCUT2D eigenvalue weighted by Crippen LogP contribution is -2.32. The standard InChI is InChI=1S/C16H17N3O7/c1-25-13-7-9(15(20)21)3-5-11(13)17-19(24)18-12-6-4-10(16(22)23)8-14(12)26-2/h3-8,17-18,24H,1-2H3,(H,20,21)(H,22,23). The van der Waals surface area contributed by atoms with Crippen LogP contribution in [0.3, 0.4) is 0 Å². The zero-order valence-electron chi connectivity index (χ0n) is 13.9. The lowest BCUT2D eigenvalue weighted by atomic mass is 10.2. The molecule has 138 valence electrons. The molecule has 0 aliphatic heterocycles. The molecular weight excluding hydrogens is 346 g/mol. The largest absolute Gasteiger partial charge is 0.495 e. The Morgan fingerprint density at radius 3 is 1.54 bits per heavy atom. The van der Waals surface area contributed by atoms with Gasteiger partial charge in [0.15, 0.2) is 0 Å². The average molecular weight is 363 g/mol. The lowest BCUT2D eigenvalue weighted by Gasteiger charge is -2.21. The summed E-state index contributed by atoms with van der Waals surface area (Å²) in [5.74, 6) is -1.84. The molecule has 26 heavy (non-hydrogen) atoms. The van der Waals surface area contributed by atoms with Gasteiger partial charge in [-0.25, -0.2) is 9.59 Å². The van der Waals surface area contributed by atoms with Crippen molar-refractivity contribution in [1.29, 1.82) is 0 Å². The van der Waals surface area contributed by atoms with E-state index in [0.717, 1.165) is 0 Å². The minimum absolute atomic E-state index is 0.0239. The summed E-state index contributed by atoms with van der Waals surface area (Å²) in [5, 5.41) is 28.5. The molecule has 0 spiro atoms. The fourth-order valence-electron chi connectivity index (χ4n) is 2.09. The first-order valence-corrected chi connectivity index (χ1v) is 7.20. The minimum Gasteiger partial charge on any atom is -0.495 e. The van der Waals surface area contributed by atoms with Gasteiger partial charge in [-0.3, -0.25) is 16.1 Å². The fraction of sp³-hybridized carbons (Fsp3) is 0.125. The van der Waals surface area contributed by atoms with Crippen molar-refractivity contribution in [2.75, 3.05) is 25.1 Å². The Labute approximate surface area is 148 Å². The third-order valence-electron chi connectivity index (χ3n) is 3.35. The summed E-state index contributed by atoms with van der Waals surface area (Å²) in [5.41, 5.74) is 5.72. The molecule has 10 nitrogen and oxygen atoms in total. The summed E-state index contributed by atoms with van der Waals surface area (Å²) in [6, 6.07) is 8.09. The number of nitrogens with one attached hydrogen (secondary N) is 2. The van der Waals surface area contributed by atoms with Crippen molar-refractivity contribution in [3.8, 4) is 11.5 Å². The van der Waals surface area contributed by atoms with Gasteiger partial charge in [-0.05, 0) is 41.7 Å². The van der Waals surface area contributed by atoms with Gasteiger partial charge in [-0.15, -0.1) is 0 Å². The molecule has 0 fully saturated rings. The summed E-state index contributed by atoms with van der Waals surface area (Å²) in [6.45, 7) is 0. The van der Waals surface area contributed by atoms with E-state index in [2.05, 4.69) is 10.9 Å². The van der Waals surface area contributed by atoms with E-state index in [9.17, 15) is 14.8 Å². The number of methoxy groups -OCH3 is 2. The Hall–Kier alpha value is -3.50. The molecule has 0 saturated heterocycles. The molecule has 10 heteroatoms. The molecule has 0 heterocycles. The molecule has 0 aliphatic rings. The van der Waals surface area contributed by atoms with Crippen molar-refractivity contribution >= 4 is 23.3 Å². The van der Waals surface area contributed by atoms with Gasteiger partial charge in [0, 0.05) is 0 Å². The maximum Gasteiger partial charge on any atom is 0.335 e. The number of carboxylic acid groups (broad SMARTS) is 2. The molecule has 0 aromatic heterocycles. The summed E-state index contributed by atoms with van der Waals surface area (Å²) < 4.78 is 10.2. The van der Waals surface area contributed by atoms with Crippen LogP contribution < -0.4 is 20.3 Å². The van der Waals surface area contributed by atoms with Crippen LogP contribution in [0.2, 0.25) is 0 Å². The molecule has 5 N–H and O–H groups in total. The number of aromatic carboxylic acids is 2. The van der Waals surface area contributed by atoms with Crippen LogP contribution in [0.4, 0.5) is 11.4 Å². The van der Waals surface area contributed by atoms with Gasteiger partial charge in [0.05, 0.1) is 36.7 Å². The van der Waals surface area contributed by atoms with Gasteiger partial charge in [0.25, 0.3) is 0 Å². The van der Waals surface area contributed by atoms with Crippen molar-refractivity contribution in [2.45, 2.75) is 0 Å². The van der Waals surface area contributed by atoms with Crippen LogP contribution in [0.25, 0.3) is 0 Å². The Morgan fingerprint density at radius 2 is 1.23 bits per heavy atom. The predicted octanol–water partition coefficient (Wildman–Crippen LogP) is 2.15. The Morgan fingerprint density at radius 1 is 0.846 bits per heavy atom. The highest BCUT2D eigenvalue weighted by molar-refractivity contribution is 5.89. The topological polar surface area (TPSA) is 141 Å². The number of hydrogen-bond acceptors (Lipinski definition) is 8. The monoisotopic (exact) mass is 363 g/mol. The highest BCUT2D eigenvalue weighted by Gasteiger charge is 2.14. The van der Waals surface area contributed by atoms with Gasteiger partial charge < -0.3 is 19.7 Å². The maximum absolute atomic E-state index is 11.0. The summed E-state index contributed by atoms with van der Waals surface area (Å²) in [4.78, 5) is 22.0. The molecule has 0 bridgehead atoms. The van der Waals surface area contributed by atoms with E-state index in [4.69, 9.17) is 19.7 Å². The zero-order chi connectivity index (χ0) is 19.3. The normalized spacial score (nSPS) is 10.3. The third-order valence-corrected chi connectivity index (χ3v) is 3.35. The van der Waals surface area contributed by atoms with Crippen molar-refractivity contribution in [1.82, 2.24) is 5.28 Å². The summed E-state index contributed by atoms with van der Waals surface area (Å²) in [6.07, 6.45) is 0. The fourth-order valence-corrected chi connectivity index (χ4v) is 2.09. The quantitative estimate of drug-likeness (QED) is 0.443. The minimum atomic E-state index is -1.11. The summed E-state index contributed by atoms with van der Waals surface area (Å²) >= 11 is 0. The maximum atomic E-state index is 11.0. The van der Waals surface area contributed by atoms with E-state index >= 15 is 0 Å². The highest BCUT2D eigenvalue weighted by Crippen LogP contribution is 2.28. The first-order chi connectivity index (χ1) is 12.3. The van der Waals surface area contributed by atoms with Crippen LogP contribution in [0.1, 0.15) is 20.7 Å². The van der Waals surface area contributed by atoms with Crippen molar-refractivity contribution in [3.05, 3.63) is 47.5 Å². The average Bonchev–Trinajstić information content (AvgIpc) is 2.61. The molecule has 0 atom stereocenters. The number of hydrogen-bond donors (Lipinski definition) is 5. The van der Waals surface area contributed by atoms with Crippen LogP contribution in [-0.2, 0) is 0 Å². The van der Waals surface area contributed by atoms with Gasteiger partial charge in [-0.1, -0.05) is 0 Å². The van der Waals surface area contributed by atoms with E-state index in [0.29, 0.717) is 5.28 Å². The number of carboxylic acids is 2. The highest BCUT2D eigenvalue weighted by atomic mass is 16.6. The molecule has 0 aliphatic carbocycles. The van der Waals surface area contributed by atoms with E-state index < -0.39 is 11.9 Å². The Kier molecular flexibility index (Phi) is 5.83. The van der Waals surface area contributed by atoms with Gasteiger partial charge >= 0.3 is 11.9 Å². The number of anilines is 2. The van der Waals surface area contributed by atoms with Crippen LogP contribution in [-0.4, -0.2) is 46.9 Å². The zero-order valence-corrected chi connectivity index (χ0v) is 13.9. The predicted molar refractivity (Wildman–Crippen MR) is 90.8 cm³/mol. The molecule has 0 radical (unpaired) electrons. The second-order valence-electron chi connectivity index (χ2n) is 4.98. The Balaban J connectivity index is 2.17. The van der Waals surface area contributed by atoms with E-state index in [1.165, 1.54) is 50.6 Å². The van der Waals surface area contributed by atoms with E-state index in [1.54, 1.807) is 0 Å². The smallest absolute Gasteiger partial charge is 0.335 e. The first kappa shape index (κ1) is 18.8. The number of carbonyl (C=O) groups is 2. The van der Waals surface area contributed by atoms with Crippen molar-refractivity contribution in [2.24, 2.45) is 0 Å². The molecule has 0 amide bonds. The lowest BCUT2D eigenvalue weighted by molar-refractivity contribution is -0.0401.